The van der Waals surface area contributed by atoms with E-state index in [1.807, 2.05) is 19.9 Å². The fraction of sp³-hybridized carbons (Fsp3) is 0.348. The molecular weight excluding hydrogens is 381 g/mol. The molecule has 2 aromatic carbocycles. The summed E-state index contributed by atoms with van der Waals surface area (Å²) in [5, 5.41) is 0. The molecule has 6 heteroatoms. The molecule has 0 bridgehead atoms. The third-order valence-electron chi connectivity index (χ3n) is 5.87. The molecule has 2 atom stereocenters. The maximum absolute atomic E-state index is 12.9. The lowest BCUT2D eigenvalue weighted by molar-refractivity contribution is -0.140. The van der Waals surface area contributed by atoms with Gasteiger partial charge < -0.3 is 9.47 Å². The van der Waals surface area contributed by atoms with Crippen LogP contribution in [0.25, 0.3) is 0 Å². The predicted octanol–water partition coefficient (Wildman–Crippen LogP) is 5.62. The normalized spacial score (nSPS) is 20.9. The van der Waals surface area contributed by atoms with E-state index in [1.54, 1.807) is 6.07 Å². The lowest BCUT2D eigenvalue weighted by Gasteiger charge is -2.30. The van der Waals surface area contributed by atoms with Crippen LogP contribution < -0.4 is 4.74 Å². The standard InChI is InChI=1S/C23H21F3O3/c1-12-9-19(28-11-15-5-4-6-16(10-15)23(24,25)26)14(3)20-17(12)7-8-18-13(2)22(27)29-21(18)20/h4-6,9-10,18,21H,2,7-8,11H2,1,3H3/t18-,21+/m0/s1. The summed E-state index contributed by atoms with van der Waals surface area (Å²) >= 11 is 0. The second kappa shape index (κ2) is 6.94. The number of halogens is 3. The summed E-state index contributed by atoms with van der Waals surface area (Å²) in [6.45, 7) is 7.76. The summed E-state index contributed by atoms with van der Waals surface area (Å²) in [5.74, 6) is 0.194. The average molecular weight is 402 g/mol. The number of hydrogen-bond acceptors (Lipinski definition) is 3. The molecule has 1 aliphatic heterocycles. The number of rotatable bonds is 3. The van der Waals surface area contributed by atoms with Gasteiger partial charge in [0.25, 0.3) is 0 Å². The molecule has 4 rings (SSSR count). The van der Waals surface area contributed by atoms with Crippen molar-refractivity contribution in [2.45, 2.75) is 45.6 Å². The van der Waals surface area contributed by atoms with Crippen LogP contribution in [0.2, 0.25) is 0 Å². The Morgan fingerprint density at radius 1 is 1.24 bits per heavy atom. The predicted molar refractivity (Wildman–Crippen MR) is 101 cm³/mol. The largest absolute Gasteiger partial charge is 0.489 e. The Morgan fingerprint density at radius 3 is 2.72 bits per heavy atom. The molecule has 152 valence electrons. The Morgan fingerprint density at radius 2 is 2.00 bits per heavy atom. The van der Waals surface area contributed by atoms with Gasteiger partial charge in [0.05, 0.1) is 5.56 Å². The van der Waals surface area contributed by atoms with E-state index in [0.717, 1.165) is 47.2 Å². The second-order valence-electron chi connectivity index (χ2n) is 7.69. The molecule has 3 nitrogen and oxygen atoms in total. The Kier molecular flexibility index (Phi) is 4.68. The zero-order valence-corrected chi connectivity index (χ0v) is 16.2. The van der Waals surface area contributed by atoms with E-state index in [1.165, 1.54) is 6.07 Å². The lowest BCUT2D eigenvalue weighted by Crippen LogP contribution is -2.20. The molecule has 0 radical (unpaired) electrons. The van der Waals surface area contributed by atoms with Gasteiger partial charge in [0.15, 0.2) is 0 Å². The highest BCUT2D eigenvalue weighted by molar-refractivity contribution is 5.91. The van der Waals surface area contributed by atoms with E-state index in [0.29, 0.717) is 16.9 Å². The quantitative estimate of drug-likeness (QED) is 0.494. The second-order valence-corrected chi connectivity index (χ2v) is 7.69. The Bertz CT molecular complexity index is 1010. The topological polar surface area (TPSA) is 35.5 Å². The van der Waals surface area contributed by atoms with Gasteiger partial charge in [0, 0.05) is 17.1 Å². The van der Waals surface area contributed by atoms with Gasteiger partial charge in [0.1, 0.15) is 18.5 Å². The molecule has 0 saturated carbocycles. The van der Waals surface area contributed by atoms with E-state index in [2.05, 4.69) is 6.58 Å². The van der Waals surface area contributed by atoms with Crippen LogP contribution in [-0.4, -0.2) is 5.97 Å². The van der Waals surface area contributed by atoms with Crippen molar-refractivity contribution in [2.24, 2.45) is 5.92 Å². The van der Waals surface area contributed by atoms with Gasteiger partial charge in [-0.2, -0.15) is 13.2 Å². The molecule has 2 aliphatic rings. The summed E-state index contributed by atoms with van der Waals surface area (Å²) in [6, 6.07) is 7.03. The van der Waals surface area contributed by atoms with Crippen molar-refractivity contribution < 1.29 is 27.4 Å². The fourth-order valence-electron chi connectivity index (χ4n) is 4.32. The van der Waals surface area contributed by atoms with Crippen molar-refractivity contribution in [1.29, 1.82) is 0 Å². The Balaban J connectivity index is 1.64. The monoisotopic (exact) mass is 402 g/mol. The number of ether oxygens (including phenoxy) is 2. The molecule has 1 fully saturated rings. The van der Waals surface area contributed by atoms with E-state index < -0.39 is 11.7 Å². The third kappa shape index (κ3) is 3.41. The molecule has 29 heavy (non-hydrogen) atoms. The van der Waals surface area contributed by atoms with Crippen molar-refractivity contribution >= 4 is 5.97 Å². The molecule has 0 unspecified atom stereocenters. The minimum atomic E-state index is -4.39. The van der Waals surface area contributed by atoms with Crippen molar-refractivity contribution in [2.75, 3.05) is 0 Å². The van der Waals surface area contributed by atoms with Crippen LogP contribution in [0.4, 0.5) is 13.2 Å². The minimum absolute atomic E-state index is 0.0174. The number of esters is 1. The lowest BCUT2D eigenvalue weighted by atomic mass is 9.76. The van der Waals surface area contributed by atoms with E-state index >= 15 is 0 Å². The molecule has 1 saturated heterocycles. The number of carbonyl (C=O) groups is 1. The number of carbonyl (C=O) groups excluding carboxylic acids is 1. The van der Waals surface area contributed by atoms with Crippen LogP contribution in [0.15, 0.2) is 42.5 Å². The molecule has 0 amide bonds. The van der Waals surface area contributed by atoms with Crippen LogP contribution in [-0.2, 0) is 28.7 Å². The van der Waals surface area contributed by atoms with Gasteiger partial charge in [-0.15, -0.1) is 0 Å². The van der Waals surface area contributed by atoms with Crippen molar-refractivity contribution in [3.63, 3.8) is 0 Å². The molecule has 0 spiro atoms. The van der Waals surface area contributed by atoms with Gasteiger partial charge in [-0.25, -0.2) is 4.79 Å². The summed E-state index contributed by atoms with van der Waals surface area (Å²) in [4.78, 5) is 12.0. The first-order chi connectivity index (χ1) is 13.7. The summed E-state index contributed by atoms with van der Waals surface area (Å²) < 4.78 is 50.3. The van der Waals surface area contributed by atoms with E-state index in [9.17, 15) is 18.0 Å². The number of fused-ring (bicyclic) bond motifs is 3. The molecule has 0 aromatic heterocycles. The average Bonchev–Trinajstić information content (AvgIpc) is 2.97. The Labute approximate surface area is 167 Å². The zero-order valence-electron chi connectivity index (χ0n) is 16.2. The highest BCUT2D eigenvalue weighted by Crippen LogP contribution is 2.49. The van der Waals surface area contributed by atoms with Crippen LogP contribution in [0.1, 0.15) is 45.9 Å². The van der Waals surface area contributed by atoms with Gasteiger partial charge in [-0.05, 0) is 67.1 Å². The van der Waals surface area contributed by atoms with Gasteiger partial charge in [-0.1, -0.05) is 18.7 Å². The Hall–Kier alpha value is -2.76. The molecule has 1 heterocycles. The van der Waals surface area contributed by atoms with Crippen molar-refractivity contribution in [3.05, 3.63) is 75.9 Å². The van der Waals surface area contributed by atoms with Crippen LogP contribution in [0.3, 0.4) is 0 Å². The van der Waals surface area contributed by atoms with Crippen LogP contribution >= 0.6 is 0 Å². The van der Waals surface area contributed by atoms with Crippen LogP contribution in [0.5, 0.6) is 5.75 Å². The molecular formula is C23H21F3O3. The molecule has 0 N–H and O–H groups in total. The first-order valence-corrected chi connectivity index (χ1v) is 9.48. The van der Waals surface area contributed by atoms with Gasteiger partial charge >= 0.3 is 12.1 Å². The van der Waals surface area contributed by atoms with E-state index in [4.69, 9.17) is 9.47 Å². The smallest absolute Gasteiger partial charge is 0.416 e. The third-order valence-corrected chi connectivity index (χ3v) is 5.87. The van der Waals surface area contributed by atoms with Crippen molar-refractivity contribution in [3.8, 4) is 5.75 Å². The summed E-state index contributed by atoms with van der Waals surface area (Å²) in [7, 11) is 0. The SMILES string of the molecule is C=C1C(=O)O[C@H]2c3c(C)c(OCc4cccc(C(F)(F)F)c4)cc(C)c3CC[C@@H]12. The highest BCUT2D eigenvalue weighted by Gasteiger charge is 2.44. The number of hydrogen-bond donors (Lipinski definition) is 0. The summed E-state index contributed by atoms with van der Waals surface area (Å²) in [6.07, 6.45) is -3.12. The summed E-state index contributed by atoms with van der Waals surface area (Å²) in [5.41, 5.74) is 4.23. The maximum Gasteiger partial charge on any atom is 0.416 e. The van der Waals surface area contributed by atoms with Gasteiger partial charge in [-0.3, -0.25) is 0 Å². The highest BCUT2D eigenvalue weighted by atomic mass is 19.4. The fourth-order valence-corrected chi connectivity index (χ4v) is 4.32. The van der Waals surface area contributed by atoms with E-state index in [-0.39, 0.29) is 24.6 Å². The zero-order chi connectivity index (χ0) is 20.9. The number of alkyl halides is 3. The molecule has 2 aromatic rings. The first-order valence-electron chi connectivity index (χ1n) is 9.48. The maximum atomic E-state index is 12.9. The minimum Gasteiger partial charge on any atom is -0.489 e. The molecule has 1 aliphatic carbocycles. The van der Waals surface area contributed by atoms with Crippen molar-refractivity contribution in [1.82, 2.24) is 0 Å². The first kappa shape index (κ1) is 19.6. The van der Waals surface area contributed by atoms with Gasteiger partial charge in [0.2, 0.25) is 0 Å². The number of aryl methyl sites for hydroxylation is 1. The number of benzene rings is 2. The van der Waals surface area contributed by atoms with Crippen LogP contribution in [0, 0.1) is 19.8 Å².